The fraction of sp³-hybridized carbons (Fsp3) is 0.538. The molecule has 16 heteroatoms. The largest absolute Gasteiger partial charge is 0.523 e. The molecular weight excluding hydrogens is 465 g/mol. The molecule has 1 aliphatic heterocycles. The summed E-state index contributed by atoms with van der Waals surface area (Å²) >= 11 is 0. The Hall–Kier alpha value is -1.49. The monoisotopic (exact) mass is 476 g/mol. The van der Waals surface area contributed by atoms with Crippen molar-refractivity contribution in [2.24, 2.45) is 0 Å². The molecular formula is C13H11F7O7S2. The van der Waals surface area contributed by atoms with Crippen LogP contribution in [-0.2, 0) is 33.3 Å². The van der Waals surface area contributed by atoms with Gasteiger partial charge in [0.2, 0.25) is 0 Å². The zero-order valence-corrected chi connectivity index (χ0v) is 15.4. The summed E-state index contributed by atoms with van der Waals surface area (Å²) in [5, 5.41) is 0. The number of benzene rings is 1. The molecule has 0 saturated carbocycles. The molecule has 0 aromatic heterocycles. The van der Waals surface area contributed by atoms with E-state index >= 15 is 0 Å². The minimum absolute atomic E-state index is 0.0602. The molecule has 7 nitrogen and oxygen atoms in total. The highest BCUT2D eigenvalue weighted by Gasteiger charge is 2.52. The highest BCUT2D eigenvalue weighted by atomic mass is 32.2. The van der Waals surface area contributed by atoms with Crippen LogP contribution in [0.25, 0.3) is 0 Å². The van der Waals surface area contributed by atoms with E-state index in [1.54, 1.807) is 0 Å². The lowest BCUT2D eigenvalue weighted by Gasteiger charge is -2.19. The fourth-order valence-corrected chi connectivity index (χ4v) is 3.40. The lowest BCUT2D eigenvalue weighted by atomic mass is 10.0. The first-order valence-corrected chi connectivity index (χ1v) is 10.2. The molecule has 1 saturated heterocycles. The maximum absolute atomic E-state index is 13.0. The van der Waals surface area contributed by atoms with Crippen molar-refractivity contribution in [1.82, 2.24) is 0 Å². The zero-order valence-electron chi connectivity index (χ0n) is 13.8. The third-order valence-corrected chi connectivity index (χ3v) is 5.68. The van der Waals surface area contributed by atoms with Crippen molar-refractivity contribution in [2.45, 2.75) is 35.7 Å². The molecule has 2 rings (SSSR count). The topological polar surface area (TPSA) is 96.0 Å². The van der Waals surface area contributed by atoms with Crippen molar-refractivity contribution < 1.29 is 60.7 Å². The van der Waals surface area contributed by atoms with Crippen molar-refractivity contribution in [1.29, 1.82) is 0 Å². The van der Waals surface area contributed by atoms with Crippen molar-refractivity contribution in [2.75, 3.05) is 6.61 Å². The van der Waals surface area contributed by atoms with Gasteiger partial charge in [-0.25, -0.2) is 4.39 Å². The number of halogens is 7. The Kier molecular flexibility index (Phi) is 6.54. The average Bonchev–Trinajstić information content (AvgIpc) is 2.94. The van der Waals surface area contributed by atoms with E-state index in [0.717, 1.165) is 24.3 Å². The summed E-state index contributed by atoms with van der Waals surface area (Å²) in [5.41, 5.74) is -11.6. The Labute approximate surface area is 159 Å². The standard InChI is InChI=1S/C13H11F7O7S2/c14-8-3-1-7(2-4-8)11-10(27-29(23,24)13(18,19)20)5-9(26-11)6-25-28(21,22)12(15,16)17/h1-4,9-11H,5-6H2/t9-,10-,11-/m0/s1. The van der Waals surface area contributed by atoms with Gasteiger partial charge >= 0.3 is 31.3 Å². The predicted molar refractivity (Wildman–Crippen MR) is 79.4 cm³/mol. The van der Waals surface area contributed by atoms with E-state index in [2.05, 4.69) is 8.37 Å². The van der Waals surface area contributed by atoms with E-state index in [0.29, 0.717) is 0 Å². The van der Waals surface area contributed by atoms with Gasteiger partial charge in [0.25, 0.3) is 0 Å². The summed E-state index contributed by atoms with van der Waals surface area (Å²) in [6.07, 6.45) is -5.81. The number of hydrogen-bond acceptors (Lipinski definition) is 7. The third kappa shape index (κ3) is 5.56. The highest BCUT2D eigenvalue weighted by molar-refractivity contribution is 7.87. The molecule has 1 heterocycles. The van der Waals surface area contributed by atoms with Gasteiger partial charge in [-0.15, -0.1) is 0 Å². The Morgan fingerprint density at radius 3 is 1.93 bits per heavy atom. The molecule has 0 aliphatic carbocycles. The van der Waals surface area contributed by atoms with Crippen LogP contribution in [-0.4, -0.2) is 46.7 Å². The Morgan fingerprint density at radius 1 is 0.931 bits per heavy atom. The van der Waals surface area contributed by atoms with Gasteiger partial charge < -0.3 is 4.74 Å². The third-order valence-electron chi connectivity index (χ3n) is 3.60. The maximum atomic E-state index is 13.0. The van der Waals surface area contributed by atoms with E-state index in [-0.39, 0.29) is 5.56 Å². The van der Waals surface area contributed by atoms with Gasteiger partial charge in [-0.05, 0) is 17.7 Å². The van der Waals surface area contributed by atoms with Gasteiger partial charge in [-0.2, -0.15) is 43.2 Å². The van der Waals surface area contributed by atoms with Crippen LogP contribution >= 0.6 is 0 Å². The van der Waals surface area contributed by atoms with E-state index in [4.69, 9.17) is 4.74 Å². The Balaban J connectivity index is 2.23. The molecule has 1 fully saturated rings. The van der Waals surface area contributed by atoms with E-state index in [1.165, 1.54) is 0 Å². The molecule has 0 N–H and O–H groups in total. The van der Waals surface area contributed by atoms with Crippen LogP contribution in [0.15, 0.2) is 24.3 Å². The molecule has 29 heavy (non-hydrogen) atoms. The quantitative estimate of drug-likeness (QED) is 0.354. The van der Waals surface area contributed by atoms with Crippen LogP contribution in [0.3, 0.4) is 0 Å². The number of ether oxygens (including phenoxy) is 1. The number of alkyl halides is 6. The second-order valence-corrected chi connectivity index (χ2v) is 8.86. The minimum atomic E-state index is -6.11. The Morgan fingerprint density at radius 2 is 1.45 bits per heavy atom. The summed E-state index contributed by atoms with van der Waals surface area (Å²) in [4.78, 5) is 0. The molecule has 3 atom stereocenters. The fourth-order valence-electron chi connectivity index (χ4n) is 2.33. The second-order valence-electron chi connectivity index (χ2n) is 5.68. The predicted octanol–water partition coefficient (Wildman–Crippen LogP) is 2.76. The molecule has 1 aromatic rings. The van der Waals surface area contributed by atoms with Gasteiger partial charge in [0, 0.05) is 6.42 Å². The SMILES string of the molecule is O=S(=O)(OC[C@@H]1C[C@H](OS(=O)(=O)C(F)(F)F)[C@H](c2ccc(F)cc2)O1)C(F)(F)F. The molecule has 0 bridgehead atoms. The normalized spacial score (nSPS) is 24.0. The maximum Gasteiger partial charge on any atom is 0.523 e. The van der Waals surface area contributed by atoms with E-state index in [1.807, 2.05) is 0 Å². The summed E-state index contributed by atoms with van der Waals surface area (Å²) in [7, 11) is -12.1. The van der Waals surface area contributed by atoms with Gasteiger partial charge in [0.15, 0.2) is 0 Å². The summed E-state index contributed by atoms with van der Waals surface area (Å²) in [6, 6.07) is 3.77. The van der Waals surface area contributed by atoms with Crippen LogP contribution in [0.4, 0.5) is 30.7 Å². The minimum Gasteiger partial charge on any atom is -0.365 e. The lowest BCUT2D eigenvalue weighted by Crippen LogP contribution is -2.31. The molecule has 166 valence electrons. The van der Waals surface area contributed by atoms with E-state index < -0.39 is 68.4 Å². The average molecular weight is 476 g/mol. The first kappa shape index (κ1) is 23.8. The lowest BCUT2D eigenvalue weighted by molar-refractivity contribution is -0.0628. The highest BCUT2D eigenvalue weighted by Crippen LogP contribution is 2.39. The molecule has 0 spiro atoms. The van der Waals surface area contributed by atoms with Gasteiger partial charge in [-0.3, -0.25) is 8.37 Å². The molecule has 0 unspecified atom stereocenters. The first-order valence-electron chi connectivity index (χ1n) is 7.40. The van der Waals surface area contributed by atoms with Crippen LogP contribution in [0.5, 0.6) is 0 Å². The van der Waals surface area contributed by atoms with Gasteiger partial charge in [-0.1, -0.05) is 12.1 Å². The summed E-state index contributed by atoms with van der Waals surface area (Å²) in [6.45, 7) is -1.27. The molecule has 0 amide bonds. The number of rotatable bonds is 6. The summed E-state index contributed by atoms with van der Waals surface area (Å²) < 4.78 is 145. The van der Waals surface area contributed by atoms with Gasteiger partial charge in [0.05, 0.1) is 12.7 Å². The van der Waals surface area contributed by atoms with Crippen LogP contribution in [0, 0.1) is 5.82 Å². The Bertz CT molecular complexity index is 924. The van der Waals surface area contributed by atoms with Crippen LogP contribution < -0.4 is 0 Å². The number of hydrogen-bond donors (Lipinski definition) is 0. The zero-order chi connectivity index (χ0) is 22.3. The summed E-state index contributed by atoms with van der Waals surface area (Å²) in [5.74, 6) is -0.747. The van der Waals surface area contributed by atoms with Crippen LogP contribution in [0.2, 0.25) is 0 Å². The molecule has 1 aliphatic rings. The van der Waals surface area contributed by atoms with Crippen molar-refractivity contribution >= 4 is 20.2 Å². The van der Waals surface area contributed by atoms with Crippen molar-refractivity contribution in [3.63, 3.8) is 0 Å². The second kappa shape index (κ2) is 7.98. The van der Waals surface area contributed by atoms with Crippen molar-refractivity contribution in [3.05, 3.63) is 35.6 Å². The molecule has 1 aromatic carbocycles. The smallest absolute Gasteiger partial charge is 0.365 e. The molecule has 0 radical (unpaired) electrons. The first-order chi connectivity index (χ1) is 13.0. The van der Waals surface area contributed by atoms with Crippen molar-refractivity contribution in [3.8, 4) is 0 Å². The van der Waals surface area contributed by atoms with Gasteiger partial charge in [0.1, 0.15) is 18.0 Å². The van der Waals surface area contributed by atoms with E-state index in [9.17, 15) is 47.6 Å². The van der Waals surface area contributed by atoms with Crippen LogP contribution in [0.1, 0.15) is 18.1 Å².